The number of benzene rings is 1. The van der Waals surface area contributed by atoms with Crippen LogP contribution in [0.25, 0.3) is 0 Å². The molecule has 0 atom stereocenters. The molecule has 0 aliphatic carbocycles. The molecule has 1 aromatic carbocycles. The predicted octanol–water partition coefficient (Wildman–Crippen LogP) is 2.40. The van der Waals surface area contributed by atoms with Crippen molar-refractivity contribution in [1.82, 2.24) is 0 Å². The fraction of sp³-hybridized carbons (Fsp3) is 0.250. The number of carbonyl (C=O) groups excluding carboxylic acids is 1. The minimum atomic E-state index is -0.308. The normalized spacial score (nSPS) is 8.64. The van der Waals surface area contributed by atoms with E-state index in [2.05, 4.69) is 11.8 Å². The molecule has 0 amide bonds. The minimum absolute atomic E-state index is 0.155. The van der Waals surface area contributed by atoms with Crippen molar-refractivity contribution in [1.29, 1.82) is 0 Å². The summed E-state index contributed by atoms with van der Waals surface area (Å²) >= 11 is 0. The first-order valence-electron chi connectivity index (χ1n) is 4.54. The third-order valence-electron chi connectivity index (χ3n) is 1.51. The van der Waals surface area contributed by atoms with Gasteiger partial charge in [-0.1, -0.05) is 31.0 Å². The molecule has 14 heavy (non-hydrogen) atoms. The van der Waals surface area contributed by atoms with Gasteiger partial charge in [0.25, 0.3) is 0 Å². The first-order chi connectivity index (χ1) is 6.83. The molecule has 0 aromatic heterocycles. The van der Waals surface area contributed by atoms with Crippen LogP contribution in [0.2, 0.25) is 0 Å². The SMILES string of the molecule is CCC#CCC(=O)Oc1ccccc1. The average molecular weight is 188 g/mol. The van der Waals surface area contributed by atoms with E-state index in [-0.39, 0.29) is 12.4 Å². The topological polar surface area (TPSA) is 26.3 Å². The van der Waals surface area contributed by atoms with Crippen LogP contribution in [0, 0.1) is 11.8 Å². The Labute approximate surface area is 83.9 Å². The lowest BCUT2D eigenvalue weighted by Gasteiger charge is -1.99. The molecule has 0 bridgehead atoms. The molecule has 0 aliphatic heterocycles. The van der Waals surface area contributed by atoms with E-state index in [1.165, 1.54) is 0 Å². The van der Waals surface area contributed by atoms with E-state index in [1.807, 2.05) is 25.1 Å². The molecular weight excluding hydrogens is 176 g/mol. The van der Waals surface area contributed by atoms with Crippen molar-refractivity contribution in [3.8, 4) is 17.6 Å². The van der Waals surface area contributed by atoms with E-state index >= 15 is 0 Å². The van der Waals surface area contributed by atoms with Crippen molar-refractivity contribution in [3.05, 3.63) is 30.3 Å². The van der Waals surface area contributed by atoms with Crippen LogP contribution in [0.1, 0.15) is 19.8 Å². The van der Waals surface area contributed by atoms with E-state index in [0.717, 1.165) is 6.42 Å². The van der Waals surface area contributed by atoms with Gasteiger partial charge in [-0.3, -0.25) is 4.79 Å². The third kappa shape index (κ3) is 3.77. The Hall–Kier alpha value is -1.75. The zero-order valence-corrected chi connectivity index (χ0v) is 8.12. The number of esters is 1. The highest BCUT2D eigenvalue weighted by Gasteiger charge is 2.00. The lowest BCUT2D eigenvalue weighted by atomic mass is 10.3. The zero-order chi connectivity index (χ0) is 10.2. The second kappa shape index (κ2) is 5.82. The van der Waals surface area contributed by atoms with Gasteiger partial charge in [0.1, 0.15) is 12.2 Å². The maximum Gasteiger partial charge on any atom is 0.323 e. The number of carbonyl (C=O) groups is 1. The van der Waals surface area contributed by atoms with Gasteiger partial charge in [-0.15, -0.1) is 5.92 Å². The van der Waals surface area contributed by atoms with Crippen LogP contribution >= 0.6 is 0 Å². The van der Waals surface area contributed by atoms with Crippen LogP contribution in [0.4, 0.5) is 0 Å². The van der Waals surface area contributed by atoms with Gasteiger partial charge in [-0.25, -0.2) is 0 Å². The summed E-state index contributed by atoms with van der Waals surface area (Å²) in [6.45, 7) is 1.94. The van der Waals surface area contributed by atoms with Crippen molar-refractivity contribution in [3.63, 3.8) is 0 Å². The Morgan fingerprint density at radius 1 is 1.29 bits per heavy atom. The fourth-order valence-electron chi connectivity index (χ4n) is 0.916. The van der Waals surface area contributed by atoms with Gasteiger partial charge in [0.2, 0.25) is 0 Å². The van der Waals surface area contributed by atoms with Gasteiger partial charge in [0.15, 0.2) is 0 Å². The number of ether oxygens (including phenoxy) is 1. The molecule has 0 unspecified atom stereocenters. The van der Waals surface area contributed by atoms with Crippen molar-refractivity contribution < 1.29 is 9.53 Å². The largest absolute Gasteiger partial charge is 0.426 e. The van der Waals surface area contributed by atoms with Gasteiger partial charge in [-0.2, -0.15) is 0 Å². The Balaban J connectivity index is 2.42. The standard InChI is InChI=1S/C12H12O2/c1-2-3-5-10-12(13)14-11-8-6-4-7-9-11/h4,6-9H,2,10H2,1H3. The van der Waals surface area contributed by atoms with Crippen LogP contribution in [-0.2, 0) is 4.79 Å². The highest BCUT2D eigenvalue weighted by atomic mass is 16.5. The Bertz CT molecular complexity index is 344. The average Bonchev–Trinajstić information content (AvgIpc) is 2.20. The second-order valence-corrected chi connectivity index (χ2v) is 2.67. The Morgan fingerprint density at radius 3 is 2.64 bits per heavy atom. The highest BCUT2D eigenvalue weighted by molar-refractivity contribution is 5.74. The summed E-state index contributed by atoms with van der Waals surface area (Å²) in [5.41, 5.74) is 0. The molecule has 1 aromatic rings. The van der Waals surface area contributed by atoms with Crippen LogP contribution in [-0.4, -0.2) is 5.97 Å². The third-order valence-corrected chi connectivity index (χ3v) is 1.51. The summed E-state index contributed by atoms with van der Waals surface area (Å²) < 4.78 is 5.02. The molecule has 72 valence electrons. The maximum absolute atomic E-state index is 11.2. The molecule has 0 spiro atoms. The van der Waals surface area contributed by atoms with Crippen LogP contribution < -0.4 is 4.74 Å². The van der Waals surface area contributed by atoms with E-state index in [4.69, 9.17) is 4.74 Å². The molecule has 2 heteroatoms. The minimum Gasteiger partial charge on any atom is -0.426 e. The monoisotopic (exact) mass is 188 g/mol. The molecule has 0 saturated heterocycles. The summed E-state index contributed by atoms with van der Waals surface area (Å²) in [4.78, 5) is 11.2. The van der Waals surface area contributed by atoms with Crippen LogP contribution in [0.5, 0.6) is 5.75 Å². The molecule has 0 fully saturated rings. The van der Waals surface area contributed by atoms with Gasteiger partial charge < -0.3 is 4.74 Å². The van der Waals surface area contributed by atoms with E-state index < -0.39 is 0 Å². The quantitative estimate of drug-likeness (QED) is 0.404. The Morgan fingerprint density at radius 2 is 2.00 bits per heavy atom. The summed E-state index contributed by atoms with van der Waals surface area (Å²) in [6, 6.07) is 8.99. The lowest BCUT2D eigenvalue weighted by molar-refractivity contribution is -0.133. The molecule has 1 rings (SSSR count). The molecular formula is C12H12O2. The van der Waals surface area contributed by atoms with Crippen molar-refractivity contribution in [2.75, 3.05) is 0 Å². The van der Waals surface area contributed by atoms with Gasteiger partial charge in [0, 0.05) is 6.42 Å². The molecule has 0 heterocycles. The molecule has 2 nitrogen and oxygen atoms in total. The first-order valence-corrected chi connectivity index (χ1v) is 4.54. The Kier molecular flexibility index (Phi) is 4.30. The number of rotatable bonds is 2. The molecule has 0 N–H and O–H groups in total. The summed E-state index contributed by atoms with van der Waals surface area (Å²) in [5, 5.41) is 0. The summed E-state index contributed by atoms with van der Waals surface area (Å²) in [7, 11) is 0. The van der Waals surface area contributed by atoms with Crippen molar-refractivity contribution in [2.24, 2.45) is 0 Å². The smallest absolute Gasteiger partial charge is 0.323 e. The lowest BCUT2D eigenvalue weighted by Crippen LogP contribution is -2.05. The molecule has 0 aliphatic rings. The van der Waals surface area contributed by atoms with Crippen molar-refractivity contribution >= 4 is 5.97 Å². The van der Waals surface area contributed by atoms with Crippen molar-refractivity contribution in [2.45, 2.75) is 19.8 Å². The number of hydrogen-bond donors (Lipinski definition) is 0. The predicted molar refractivity (Wildman–Crippen MR) is 54.8 cm³/mol. The maximum atomic E-state index is 11.2. The molecule has 0 saturated carbocycles. The zero-order valence-electron chi connectivity index (χ0n) is 8.12. The van der Waals surface area contributed by atoms with Gasteiger partial charge in [-0.05, 0) is 12.1 Å². The fourth-order valence-corrected chi connectivity index (χ4v) is 0.916. The van der Waals surface area contributed by atoms with Crippen LogP contribution in [0.3, 0.4) is 0 Å². The molecule has 0 radical (unpaired) electrons. The summed E-state index contributed by atoms with van der Waals surface area (Å²) in [6.07, 6.45) is 0.918. The van der Waals surface area contributed by atoms with E-state index in [9.17, 15) is 4.79 Å². The van der Waals surface area contributed by atoms with Crippen LogP contribution in [0.15, 0.2) is 30.3 Å². The van der Waals surface area contributed by atoms with E-state index in [0.29, 0.717) is 5.75 Å². The highest BCUT2D eigenvalue weighted by Crippen LogP contribution is 2.08. The number of para-hydroxylation sites is 1. The van der Waals surface area contributed by atoms with Gasteiger partial charge in [0.05, 0.1) is 0 Å². The van der Waals surface area contributed by atoms with Gasteiger partial charge >= 0.3 is 5.97 Å². The van der Waals surface area contributed by atoms with E-state index in [1.54, 1.807) is 12.1 Å². The summed E-state index contributed by atoms with van der Waals surface area (Å²) in [5.74, 6) is 5.80. The second-order valence-electron chi connectivity index (χ2n) is 2.67. The number of hydrogen-bond acceptors (Lipinski definition) is 2. The first kappa shape index (κ1) is 10.3.